The molecule has 2 aromatic rings. The number of nitrogens with zero attached hydrogens (tertiary/aromatic N) is 1. The molecule has 3 unspecified atom stereocenters. The highest BCUT2D eigenvalue weighted by molar-refractivity contribution is 7.92. The zero-order chi connectivity index (χ0) is 30.4. The van der Waals surface area contributed by atoms with Crippen molar-refractivity contribution >= 4 is 56.5 Å². The zero-order valence-corrected chi connectivity index (χ0v) is 25.1. The Hall–Kier alpha value is -3.02. The summed E-state index contributed by atoms with van der Waals surface area (Å²) in [4.78, 5) is 54.0. The average molecular weight is 639 g/mol. The van der Waals surface area contributed by atoms with E-state index < -0.39 is 61.9 Å². The van der Waals surface area contributed by atoms with E-state index in [2.05, 4.69) is 10.6 Å². The van der Waals surface area contributed by atoms with Crippen LogP contribution in [-0.2, 0) is 34.4 Å². The molecular formula is C29H30Cl2FN3O6S. The number of hydrogen-bond donors (Lipinski definition) is 2. The first-order chi connectivity index (χ1) is 19.9. The number of carbonyl (C=O) groups is 4. The lowest BCUT2D eigenvalue weighted by Crippen LogP contribution is -2.54. The third kappa shape index (κ3) is 5.78. The third-order valence-electron chi connectivity index (χ3n) is 8.19. The van der Waals surface area contributed by atoms with Crippen LogP contribution in [-0.4, -0.2) is 66.7 Å². The summed E-state index contributed by atoms with van der Waals surface area (Å²) in [6.07, 6.45) is 1.98. The Morgan fingerprint density at radius 2 is 1.79 bits per heavy atom. The fourth-order valence-electron chi connectivity index (χ4n) is 5.49. The first-order valence-corrected chi connectivity index (χ1v) is 16.1. The topological polar surface area (TPSA) is 130 Å². The van der Waals surface area contributed by atoms with E-state index in [9.17, 15) is 32.0 Å². The van der Waals surface area contributed by atoms with Crippen LogP contribution in [0.5, 0.6) is 0 Å². The minimum atomic E-state index is -4.10. The van der Waals surface area contributed by atoms with E-state index in [-0.39, 0.29) is 45.9 Å². The van der Waals surface area contributed by atoms with Crippen LogP contribution < -0.4 is 10.6 Å². The normalized spacial score (nSPS) is 21.9. The van der Waals surface area contributed by atoms with E-state index in [4.69, 9.17) is 23.2 Å². The smallest absolute Gasteiger partial charge is 0.289 e. The number of nitrogens with one attached hydrogen (secondary N) is 2. The first kappa shape index (κ1) is 30.4. The van der Waals surface area contributed by atoms with E-state index >= 15 is 0 Å². The van der Waals surface area contributed by atoms with Crippen molar-refractivity contribution in [2.75, 3.05) is 6.54 Å². The molecule has 224 valence electrons. The molecule has 5 rings (SSSR count). The van der Waals surface area contributed by atoms with Crippen LogP contribution in [0.3, 0.4) is 0 Å². The number of ketones is 1. The first-order valence-electron chi connectivity index (χ1n) is 13.8. The summed E-state index contributed by atoms with van der Waals surface area (Å²) < 4.78 is 42.3. The van der Waals surface area contributed by atoms with Crippen molar-refractivity contribution in [1.82, 2.24) is 15.5 Å². The summed E-state index contributed by atoms with van der Waals surface area (Å²) in [5.74, 6) is -3.67. The van der Waals surface area contributed by atoms with Gasteiger partial charge < -0.3 is 15.5 Å². The highest BCUT2D eigenvalue weighted by Gasteiger charge is 2.58. The van der Waals surface area contributed by atoms with Crippen LogP contribution in [0.15, 0.2) is 47.4 Å². The lowest BCUT2D eigenvalue weighted by molar-refractivity contribution is -0.143. The second-order valence-corrected chi connectivity index (χ2v) is 14.1. The molecule has 3 amide bonds. The Morgan fingerprint density at radius 1 is 1.10 bits per heavy atom. The summed E-state index contributed by atoms with van der Waals surface area (Å²) in [5.41, 5.74) is -1.16. The molecule has 3 fully saturated rings. The lowest BCUT2D eigenvalue weighted by Gasteiger charge is -2.29. The van der Waals surface area contributed by atoms with E-state index in [1.54, 1.807) is 13.0 Å². The molecule has 0 radical (unpaired) electrons. The van der Waals surface area contributed by atoms with Crippen LogP contribution in [0.2, 0.25) is 10.0 Å². The molecule has 3 atom stereocenters. The van der Waals surface area contributed by atoms with Gasteiger partial charge >= 0.3 is 0 Å². The molecule has 1 heterocycles. The Labute approximate surface area is 253 Å². The maximum atomic E-state index is 15.0. The molecule has 1 aliphatic heterocycles. The van der Waals surface area contributed by atoms with Gasteiger partial charge in [0.15, 0.2) is 9.84 Å². The van der Waals surface area contributed by atoms with Crippen molar-refractivity contribution < 1.29 is 32.0 Å². The number of hydrogen-bond acceptors (Lipinski definition) is 6. The van der Waals surface area contributed by atoms with Gasteiger partial charge in [0.1, 0.15) is 11.9 Å². The van der Waals surface area contributed by atoms with Gasteiger partial charge in [0.25, 0.3) is 5.91 Å². The highest BCUT2D eigenvalue weighted by Crippen LogP contribution is 2.52. The van der Waals surface area contributed by atoms with Crippen molar-refractivity contribution in [3.8, 4) is 0 Å². The lowest BCUT2D eigenvalue weighted by atomic mass is 9.93. The fourth-order valence-corrected chi connectivity index (χ4v) is 7.87. The number of halogens is 3. The van der Waals surface area contributed by atoms with E-state index in [0.717, 1.165) is 23.8 Å². The number of sulfone groups is 1. The van der Waals surface area contributed by atoms with Crippen LogP contribution in [0.25, 0.3) is 0 Å². The molecule has 2 N–H and O–H groups in total. The minimum absolute atomic E-state index is 0.00324. The molecule has 0 spiro atoms. The van der Waals surface area contributed by atoms with E-state index in [0.29, 0.717) is 12.8 Å². The maximum Gasteiger partial charge on any atom is 0.289 e. The van der Waals surface area contributed by atoms with Crippen molar-refractivity contribution in [3.63, 3.8) is 0 Å². The van der Waals surface area contributed by atoms with E-state index in [1.807, 2.05) is 0 Å². The predicted octanol–water partition coefficient (Wildman–Crippen LogP) is 3.35. The molecule has 13 heteroatoms. The standard InChI is InChI=1S/C29H30Cl2FN3O6S/c1-2-22(25(36)27(38)33-17-8-9-17)34-26(37)23-14-18(42(40,41)24-6-4-3-5-20(24)31)15-35(23)28(39)29(11-12-29)19-10-7-16(30)13-21(19)32/h3-7,10,13,17-18,22-23H,2,8-9,11-12,14-15H2,1H3,(H,33,38)(H,34,37). The predicted molar refractivity (Wildman–Crippen MR) is 153 cm³/mol. The summed E-state index contributed by atoms with van der Waals surface area (Å²) >= 11 is 12.1. The maximum absolute atomic E-state index is 15.0. The average Bonchev–Trinajstić information content (AvgIpc) is 3.88. The monoisotopic (exact) mass is 637 g/mol. The van der Waals surface area contributed by atoms with Crippen molar-refractivity contribution in [1.29, 1.82) is 0 Å². The van der Waals surface area contributed by atoms with Crippen molar-refractivity contribution in [2.24, 2.45) is 0 Å². The Morgan fingerprint density at radius 3 is 2.38 bits per heavy atom. The number of benzene rings is 2. The molecule has 42 heavy (non-hydrogen) atoms. The summed E-state index contributed by atoms with van der Waals surface area (Å²) in [6, 6.07) is 7.37. The molecule has 3 aliphatic rings. The molecule has 0 aromatic heterocycles. The second kappa shape index (κ2) is 11.6. The molecule has 2 saturated carbocycles. The van der Waals surface area contributed by atoms with Gasteiger partial charge in [-0.3, -0.25) is 19.2 Å². The molecular weight excluding hydrogens is 608 g/mol. The Balaban J connectivity index is 1.45. The Kier molecular flexibility index (Phi) is 8.39. The quantitative estimate of drug-likeness (QED) is 0.384. The number of amides is 3. The largest absolute Gasteiger partial charge is 0.347 e. The minimum Gasteiger partial charge on any atom is -0.347 e. The molecule has 1 saturated heterocycles. The van der Waals surface area contributed by atoms with Gasteiger partial charge in [-0.05, 0) is 62.8 Å². The molecule has 0 bridgehead atoms. The zero-order valence-electron chi connectivity index (χ0n) is 22.7. The van der Waals surface area contributed by atoms with Crippen LogP contribution in [0, 0.1) is 5.82 Å². The summed E-state index contributed by atoms with van der Waals surface area (Å²) in [5, 5.41) is 4.13. The van der Waals surface area contributed by atoms with Crippen LogP contribution in [0.1, 0.15) is 51.0 Å². The fraction of sp³-hybridized carbons (Fsp3) is 0.448. The van der Waals surface area contributed by atoms with Crippen molar-refractivity contribution in [2.45, 2.75) is 79.1 Å². The number of likely N-dealkylation sites (tertiary alicyclic amines) is 1. The summed E-state index contributed by atoms with van der Waals surface area (Å²) in [7, 11) is -4.10. The number of rotatable bonds is 10. The van der Waals surface area contributed by atoms with Crippen LogP contribution >= 0.6 is 23.2 Å². The number of carbonyl (C=O) groups excluding carboxylic acids is 4. The van der Waals surface area contributed by atoms with Crippen molar-refractivity contribution in [3.05, 3.63) is 63.9 Å². The summed E-state index contributed by atoms with van der Waals surface area (Å²) in [6.45, 7) is 1.28. The van der Waals surface area contributed by atoms with Gasteiger partial charge in [0.2, 0.25) is 17.6 Å². The number of Topliss-reactive ketones (excluding diaryl/α,β-unsaturated/α-hetero) is 1. The van der Waals surface area contributed by atoms with E-state index in [1.165, 1.54) is 30.3 Å². The molecule has 2 aromatic carbocycles. The third-order valence-corrected chi connectivity index (χ3v) is 11.1. The van der Waals surface area contributed by atoms with Gasteiger partial charge in [-0.2, -0.15) is 0 Å². The molecule has 2 aliphatic carbocycles. The van der Waals surface area contributed by atoms with Gasteiger partial charge in [0.05, 0.1) is 26.6 Å². The van der Waals surface area contributed by atoms with Gasteiger partial charge in [-0.15, -0.1) is 0 Å². The van der Waals surface area contributed by atoms with Crippen LogP contribution in [0.4, 0.5) is 4.39 Å². The van der Waals surface area contributed by atoms with Gasteiger partial charge in [-0.1, -0.05) is 48.3 Å². The second-order valence-electron chi connectivity index (χ2n) is 11.1. The van der Waals surface area contributed by atoms with Gasteiger partial charge in [-0.25, -0.2) is 12.8 Å². The Bertz CT molecular complexity index is 1560. The molecule has 9 nitrogen and oxygen atoms in total. The highest BCUT2D eigenvalue weighted by atomic mass is 35.5. The van der Waals surface area contributed by atoms with Gasteiger partial charge in [0, 0.05) is 23.2 Å². The SMILES string of the molecule is CCC(NC(=O)C1CC(S(=O)(=O)c2ccccc2Cl)CN1C(=O)C1(c2ccc(Cl)cc2F)CC1)C(=O)C(=O)NC1CC1.